The van der Waals surface area contributed by atoms with Crippen LogP contribution < -0.4 is 11.3 Å². The summed E-state index contributed by atoms with van der Waals surface area (Å²) < 4.78 is 0. The average Bonchev–Trinajstić information content (AvgIpc) is 2.25. The van der Waals surface area contributed by atoms with Crippen LogP contribution in [0.2, 0.25) is 0 Å². The molecule has 1 saturated heterocycles. The average molecular weight is 227 g/mol. The molecule has 1 amide bonds. The lowest BCUT2D eigenvalue weighted by atomic mass is 9.86. The second-order valence-electron chi connectivity index (χ2n) is 5.45. The van der Waals surface area contributed by atoms with E-state index in [0.29, 0.717) is 11.8 Å². The topological polar surface area (TPSA) is 58.4 Å². The van der Waals surface area contributed by atoms with Crippen molar-refractivity contribution in [2.45, 2.75) is 46.1 Å². The quantitative estimate of drug-likeness (QED) is 0.431. The molecule has 4 nitrogen and oxygen atoms in total. The Hall–Kier alpha value is -0.610. The molecule has 0 radical (unpaired) electrons. The highest BCUT2D eigenvalue weighted by molar-refractivity contribution is 5.85. The third-order valence-electron chi connectivity index (χ3n) is 3.88. The molecule has 94 valence electrons. The molecule has 1 fully saturated rings. The summed E-state index contributed by atoms with van der Waals surface area (Å²) in [5, 5.41) is 0. The molecule has 0 aromatic heterocycles. The Morgan fingerprint density at radius 3 is 2.31 bits per heavy atom. The predicted octanol–water partition coefficient (Wildman–Crippen LogP) is 1.12. The van der Waals surface area contributed by atoms with Crippen molar-refractivity contribution in [3.8, 4) is 0 Å². The van der Waals surface area contributed by atoms with Gasteiger partial charge in [0.2, 0.25) is 0 Å². The number of piperidine rings is 1. The zero-order valence-electron chi connectivity index (χ0n) is 10.9. The fourth-order valence-electron chi connectivity index (χ4n) is 2.75. The number of hydrogen-bond donors (Lipinski definition) is 2. The minimum absolute atomic E-state index is 0.0729. The van der Waals surface area contributed by atoms with Crippen LogP contribution in [0.25, 0.3) is 0 Å². The summed E-state index contributed by atoms with van der Waals surface area (Å²) in [6.45, 7) is 10.5. The van der Waals surface area contributed by atoms with E-state index in [1.54, 1.807) is 0 Å². The lowest BCUT2D eigenvalue weighted by Crippen LogP contribution is -2.61. The molecule has 16 heavy (non-hydrogen) atoms. The second-order valence-corrected chi connectivity index (χ2v) is 5.45. The molecule has 0 bridgehead atoms. The van der Waals surface area contributed by atoms with Crippen LogP contribution in [-0.4, -0.2) is 29.4 Å². The molecule has 0 aliphatic carbocycles. The van der Waals surface area contributed by atoms with E-state index in [9.17, 15) is 4.79 Å². The SMILES string of the molecule is CC[C@@](C)(C(=O)NN)N1C[C@H](C)C[C@@H](C)C1. The summed E-state index contributed by atoms with van der Waals surface area (Å²) in [5.74, 6) is 6.52. The van der Waals surface area contributed by atoms with Crippen LogP contribution >= 0.6 is 0 Å². The zero-order valence-corrected chi connectivity index (χ0v) is 10.9. The van der Waals surface area contributed by atoms with Crippen LogP contribution in [0.3, 0.4) is 0 Å². The molecule has 0 spiro atoms. The summed E-state index contributed by atoms with van der Waals surface area (Å²) in [7, 11) is 0. The normalized spacial score (nSPS) is 30.8. The molecule has 1 rings (SSSR count). The predicted molar refractivity (Wildman–Crippen MR) is 65.5 cm³/mol. The zero-order chi connectivity index (χ0) is 12.3. The molecule has 3 atom stereocenters. The highest BCUT2D eigenvalue weighted by Gasteiger charge is 2.40. The number of nitrogens with two attached hydrogens (primary N) is 1. The van der Waals surface area contributed by atoms with Gasteiger partial charge in [-0.3, -0.25) is 15.1 Å². The Kier molecular flexibility index (Phi) is 4.33. The molecule has 1 aliphatic heterocycles. The third kappa shape index (κ3) is 2.55. The number of nitrogens with one attached hydrogen (secondary N) is 1. The number of carbonyl (C=O) groups excluding carboxylic acids is 1. The number of likely N-dealkylation sites (tertiary alicyclic amines) is 1. The van der Waals surface area contributed by atoms with Crippen LogP contribution in [0.4, 0.5) is 0 Å². The fraction of sp³-hybridized carbons (Fsp3) is 0.917. The van der Waals surface area contributed by atoms with E-state index < -0.39 is 5.54 Å². The monoisotopic (exact) mass is 227 g/mol. The molecule has 0 aromatic rings. The Morgan fingerprint density at radius 2 is 1.94 bits per heavy atom. The van der Waals surface area contributed by atoms with Gasteiger partial charge in [0.05, 0.1) is 5.54 Å². The summed E-state index contributed by atoms with van der Waals surface area (Å²) in [6, 6.07) is 0. The van der Waals surface area contributed by atoms with Gasteiger partial charge in [0.1, 0.15) is 0 Å². The van der Waals surface area contributed by atoms with E-state index in [4.69, 9.17) is 5.84 Å². The van der Waals surface area contributed by atoms with E-state index >= 15 is 0 Å². The molecular formula is C12H25N3O. The number of hydrogen-bond acceptors (Lipinski definition) is 3. The highest BCUT2D eigenvalue weighted by atomic mass is 16.2. The van der Waals surface area contributed by atoms with Crippen LogP contribution in [0.15, 0.2) is 0 Å². The van der Waals surface area contributed by atoms with Gasteiger partial charge >= 0.3 is 0 Å². The molecule has 0 unspecified atom stereocenters. The van der Waals surface area contributed by atoms with E-state index in [-0.39, 0.29) is 5.91 Å². The van der Waals surface area contributed by atoms with Crippen molar-refractivity contribution in [2.24, 2.45) is 17.7 Å². The van der Waals surface area contributed by atoms with Gasteiger partial charge in [0.15, 0.2) is 0 Å². The minimum atomic E-state index is -0.461. The van der Waals surface area contributed by atoms with E-state index in [2.05, 4.69) is 24.2 Å². The summed E-state index contributed by atoms with van der Waals surface area (Å²) in [4.78, 5) is 14.2. The first-order valence-electron chi connectivity index (χ1n) is 6.20. The lowest BCUT2D eigenvalue weighted by molar-refractivity contribution is -0.135. The van der Waals surface area contributed by atoms with Crippen molar-refractivity contribution in [1.82, 2.24) is 10.3 Å². The Labute approximate surface area is 98.5 Å². The number of rotatable bonds is 3. The molecule has 1 heterocycles. The van der Waals surface area contributed by atoms with Crippen molar-refractivity contribution in [2.75, 3.05) is 13.1 Å². The van der Waals surface area contributed by atoms with Crippen molar-refractivity contribution in [3.05, 3.63) is 0 Å². The maximum atomic E-state index is 11.9. The van der Waals surface area contributed by atoms with Crippen molar-refractivity contribution < 1.29 is 4.79 Å². The van der Waals surface area contributed by atoms with Gasteiger partial charge in [0, 0.05) is 13.1 Å². The van der Waals surface area contributed by atoms with Crippen molar-refractivity contribution in [1.29, 1.82) is 0 Å². The van der Waals surface area contributed by atoms with Gasteiger partial charge in [-0.2, -0.15) is 0 Å². The summed E-state index contributed by atoms with van der Waals surface area (Å²) in [6.07, 6.45) is 2.04. The molecule has 0 saturated carbocycles. The highest BCUT2D eigenvalue weighted by Crippen LogP contribution is 2.29. The van der Waals surface area contributed by atoms with Crippen LogP contribution in [0, 0.1) is 11.8 Å². The van der Waals surface area contributed by atoms with E-state index in [1.807, 2.05) is 13.8 Å². The molecular weight excluding hydrogens is 202 g/mol. The molecule has 3 N–H and O–H groups in total. The molecule has 0 aromatic carbocycles. The second kappa shape index (κ2) is 5.15. The van der Waals surface area contributed by atoms with Gasteiger partial charge in [-0.05, 0) is 31.6 Å². The Morgan fingerprint density at radius 1 is 1.44 bits per heavy atom. The van der Waals surface area contributed by atoms with E-state index in [1.165, 1.54) is 6.42 Å². The van der Waals surface area contributed by atoms with Gasteiger partial charge < -0.3 is 0 Å². The van der Waals surface area contributed by atoms with Crippen molar-refractivity contribution in [3.63, 3.8) is 0 Å². The minimum Gasteiger partial charge on any atom is -0.293 e. The van der Waals surface area contributed by atoms with Crippen LogP contribution in [0.1, 0.15) is 40.5 Å². The number of nitrogens with zero attached hydrogens (tertiary/aromatic N) is 1. The summed E-state index contributed by atoms with van der Waals surface area (Å²) in [5.41, 5.74) is 1.84. The first kappa shape index (κ1) is 13.5. The molecule has 1 aliphatic rings. The number of carbonyl (C=O) groups is 1. The van der Waals surface area contributed by atoms with Crippen molar-refractivity contribution >= 4 is 5.91 Å². The fourth-order valence-corrected chi connectivity index (χ4v) is 2.75. The summed E-state index contributed by atoms with van der Waals surface area (Å²) >= 11 is 0. The maximum absolute atomic E-state index is 11.9. The third-order valence-corrected chi connectivity index (χ3v) is 3.88. The van der Waals surface area contributed by atoms with Gasteiger partial charge in [-0.25, -0.2) is 5.84 Å². The largest absolute Gasteiger partial charge is 0.293 e. The lowest BCUT2D eigenvalue weighted by Gasteiger charge is -2.45. The Bertz CT molecular complexity index is 247. The maximum Gasteiger partial charge on any atom is 0.254 e. The first-order valence-corrected chi connectivity index (χ1v) is 6.20. The van der Waals surface area contributed by atoms with Crippen LogP contribution in [0.5, 0.6) is 0 Å². The molecule has 4 heteroatoms. The number of hydrazine groups is 1. The first-order chi connectivity index (χ1) is 7.43. The number of amides is 1. The van der Waals surface area contributed by atoms with Crippen LogP contribution in [-0.2, 0) is 4.79 Å². The van der Waals surface area contributed by atoms with Gasteiger partial charge in [-0.15, -0.1) is 0 Å². The van der Waals surface area contributed by atoms with Gasteiger partial charge in [0.25, 0.3) is 5.91 Å². The smallest absolute Gasteiger partial charge is 0.254 e. The van der Waals surface area contributed by atoms with Gasteiger partial charge in [-0.1, -0.05) is 20.8 Å². The Balaban J connectivity index is 2.83. The standard InChI is InChI=1S/C12H25N3O/c1-5-12(4,11(16)14-13)15-7-9(2)6-10(3)8-15/h9-10H,5-8,13H2,1-4H3,(H,14,16)/t9-,10-,12+/m1/s1. The van der Waals surface area contributed by atoms with E-state index in [0.717, 1.165) is 19.5 Å².